The van der Waals surface area contributed by atoms with Gasteiger partial charge >= 0.3 is 0 Å². The van der Waals surface area contributed by atoms with Gasteiger partial charge in [0.05, 0.1) is 6.10 Å². The monoisotopic (exact) mass is 327 g/mol. The molecule has 0 aliphatic rings. The first-order valence-electron chi connectivity index (χ1n) is 8.35. The smallest absolute Gasteiger partial charge is 0.171 e. The number of hydrogen-bond donors (Lipinski definition) is 1. The van der Waals surface area contributed by atoms with Crippen molar-refractivity contribution in [3.63, 3.8) is 0 Å². The maximum absolute atomic E-state index is 6.42. The zero-order chi connectivity index (χ0) is 17.0. The molecule has 1 unspecified atom stereocenters. The largest absolute Gasteiger partial charge is 0.413 e. The van der Waals surface area contributed by atoms with Crippen LogP contribution in [0.15, 0.2) is 48.5 Å². The van der Waals surface area contributed by atoms with Crippen molar-refractivity contribution in [2.75, 3.05) is 5.73 Å². The normalized spacial score (nSPS) is 13.3. The van der Waals surface area contributed by atoms with Crippen LogP contribution in [0.1, 0.15) is 43.6 Å². The molecule has 0 aromatic heterocycles. The summed E-state index contributed by atoms with van der Waals surface area (Å²) in [4.78, 5) is 0. The van der Waals surface area contributed by atoms with E-state index in [4.69, 9.17) is 10.2 Å². The average molecular weight is 328 g/mol. The van der Waals surface area contributed by atoms with Crippen molar-refractivity contribution in [1.29, 1.82) is 0 Å². The number of para-hydroxylation sites is 1. The van der Waals surface area contributed by atoms with E-state index in [1.165, 1.54) is 16.7 Å². The molecule has 1 atom stereocenters. The van der Waals surface area contributed by atoms with Gasteiger partial charge in [0.15, 0.2) is 9.04 Å². The number of anilines is 1. The van der Waals surface area contributed by atoms with Crippen LogP contribution in [0, 0.1) is 5.41 Å². The van der Waals surface area contributed by atoms with Gasteiger partial charge in [-0.2, -0.15) is 0 Å². The van der Waals surface area contributed by atoms with Crippen molar-refractivity contribution in [3.8, 4) is 0 Å². The van der Waals surface area contributed by atoms with Crippen LogP contribution in [0.4, 0.5) is 5.69 Å². The highest BCUT2D eigenvalue weighted by molar-refractivity contribution is 6.48. The van der Waals surface area contributed by atoms with Gasteiger partial charge in [-0.1, -0.05) is 63.2 Å². The molecule has 2 N–H and O–H groups in total. The number of hydrogen-bond acceptors (Lipinski definition) is 2. The molecule has 0 amide bonds. The number of benzene rings is 2. The van der Waals surface area contributed by atoms with Crippen LogP contribution in [-0.2, 0) is 10.8 Å². The van der Waals surface area contributed by atoms with Gasteiger partial charge < -0.3 is 10.2 Å². The maximum Gasteiger partial charge on any atom is 0.171 e. The highest BCUT2D eigenvalue weighted by Gasteiger charge is 2.29. The van der Waals surface area contributed by atoms with Crippen LogP contribution in [-0.4, -0.2) is 9.04 Å². The van der Waals surface area contributed by atoms with Crippen molar-refractivity contribution in [3.05, 3.63) is 65.2 Å². The predicted octanol–water partition coefficient (Wildman–Crippen LogP) is 4.95. The Morgan fingerprint density at radius 2 is 1.52 bits per heavy atom. The molecule has 0 saturated heterocycles. The van der Waals surface area contributed by atoms with E-state index < -0.39 is 9.04 Å². The Hall–Kier alpha value is -1.58. The van der Waals surface area contributed by atoms with E-state index in [-0.39, 0.29) is 11.5 Å². The fraction of sp³-hybridized carbons (Fsp3) is 0.400. The van der Waals surface area contributed by atoms with Crippen molar-refractivity contribution < 1.29 is 4.43 Å². The van der Waals surface area contributed by atoms with Gasteiger partial charge in [0.1, 0.15) is 0 Å². The third-order valence-electron chi connectivity index (χ3n) is 3.97. The summed E-state index contributed by atoms with van der Waals surface area (Å²) in [5, 5.41) is 0. The highest BCUT2D eigenvalue weighted by Crippen LogP contribution is 2.38. The second-order valence-electron chi connectivity index (χ2n) is 7.51. The van der Waals surface area contributed by atoms with E-state index in [0.29, 0.717) is 0 Å². The van der Waals surface area contributed by atoms with Crippen LogP contribution >= 0.6 is 0 Å². The van der Waals surface area contributed by atoms with Crippen molar-refractivity contribution in [2.24, 2.45) is 5.41 Å². The summed E-state index contributed by atoms with van der Waals surface area (Å²) in [6.45, 7) is 11.2. The zero-order valence-corrected chi connectivity index (χ0v) is 16.1. The van der Waals surface area contributed by atoms with Crippen LogP contribution in [0.5, 0.6) is 0 Å². The molecule has 0 heterocycles. The quantitative estimate of drug-likeness (QED) is 0.623. The lowest BCUT2D eigenvalue weighted by atomic mass is 9.82. The third kappa shape index (κ3) is 4.69. The van der Waals surface area contributed by atoms with Gasteiger partial charge in [0.25, 0.3) is 0 Å². The van der Waals surface area contributed by atoms with Crippen LogP contribution in [0.3, 0.4) is 0 Å². The topological polar surface area (TPSA) is 35.2 Å². The summed E-state index contributed by atoms with van der Waals surface area (Å²) < 4.78 is 6.42. The summed E-state index contributed by atoms with van der Waals surface area (Å²) in [7, 11) is -1.14. The lowest BCUT2D eigenvalue weighted by Crippen LogP contribution is -2.26. The fourth-order valence-electron chi connectivity index (χ4n) is 2.87. The van der Waals surface area contributed by atoms with Crippen molar-refractivity contribution in [1.82, 2.24) is 0 Å². The molecule has 0 fully saturated rings. The van der Waals surface area contributed by atoms with Gasteiger partial charge in [-0.05, 0) is 47.7 Å². The van der Waals surface area contributed by atoms with Crippen LogP contribution < -0.4 is 5.73 Å². The first-order chi connectivity index (χ1) is 10.8. The Bertz CT molecular complexity index is 646. The molecule has 0 bridgehead atoms. The van der Waals surface area contributed by atoms with Crippen molar-refractivity contribution in [2.45, 2.75) is 46.4 Å². The number of rotatable bonds is 5. The van der Waals surface area contributed by atoms with Crippen molar-refractivity contribution >= 4 is 14.7 Å². The SMILES string of the molecule is C[SiH](C)OC(c1ccccc1Cc1ccccc1N)C(C)(C)C. The van der Waals surface area contributed by atoms with E-state index in [0.717, 1.165) is 12.1 Å². The third-order valence-corrected chi connectivity index (χ3v) is 4.78. The van der Waals surface area contributed by atoms with Gasteiger partial charge in [0.2, 0.25) is 0 Å². The first kappa shape index (κ1) is 17.8. The van der Waals surface area contributed by atoms with Gasteiger partial charge in [-0.15, -0.1) is 0 Å². The molecular weight excluding hydrogens is 298 g/mol. The molecule has 0 radical (unpaired) electrons. The molecule has 2 rings (SSSR count). The summed E-state index contributed by atoms with van der Waals surface area (Å²) in [5.74, 6) is 0. The average Bonchev–Trinajstić information content (AvgIpc) is 2.47. The second-order valence-corrected chi connectivity index (χ2v) is 9.87. The maximum atomic E-state index is 6.42. The molecular formula is C20H29NOSi. The first-order valence-corrected chi connectivity index (χ1v) is 11.1. The Morgan fingerprint density at radius 1 is 0.957 bits per heavy atom. The lowest BCUT2D eigenvalue weighted by molar-refractivity contribution is 0.0859. The van der Waals surface area contributed by atoms with Crippen LogP contribution in [0.25, 0.3) is 0 Å². The van der Waals surface area contributed by atoms with E-state index in [1.54, 1.807) is 0 Å². The summed E-state index contributed by atoms with van der Waals surface area (Å²) in [6.07, 6.45) is 0.966. The highest BCUT2D eigenvalue weighted by atomic mass is 28.3. The minimum atomic E-state index is -1.14. The van der Waals surface area contributed by atoms with E-state index in [9.17, 15) is 0 Å². The number of nitrogen functional groups attached to an aromatic ring is 1. The lowest BCUT2D eigenvalue weighted by Gasteiger charge is -2.34. The molecule has 0 spiro atoms. The second kappa shape index (κ2) is 7.32. The molecule has 23 heavy (non-hydrogen) atoms. The van der Waals surface area contributed by atoms with E-state index in [1.807, 2.05) is 18.2 Å². The van der Waals surface area contributed by atoms with Crippen LogP contribution in [0.2, 0.25) is 13.1 Å². The molecule has 0 aliphatic carbocycles. The standard InChI is InChI=1S/C20H29NOSi/c1-20(2,3)19(22-23(4)5)17-12-8-6-10-15(17)14-16-11-7-9-13-18(16)21/h6-13,19,23H,14,21H2,1-5H3. The fourth-order valence-corrected chi connectivity index (χ4v) is 3.97. The molecule has 2 nitrogen and oxygen atoms in total. The molecule has 3 heteroatoms. The zero-order valence-electron chi connectivity index (χ0n) is 15.0. The van der Waals surface area contributed by atoms with Gasteiger partial charge in [-0.3, -0.25) is 0 Å². The van der Waals surface area contributed by atoms with Gasteiger partial charge in [0, 0.05) is 5.69 Å². The Morgan fingerprint density at radius 3 is 2.09 bits per heavy atom. The summed E-state index contributed by atoms with van der Waals surface area (Å²) in [6, 6.07) is 16.7. The summed E-state index contributed by atoms with van der Waals surface area (Å²) >= 11 is 0. The predicted molar refractivity (Wildman–Crippen MR) is 102 cm³/mol. The molecule has 2 aromatic rings. The van der Waals surface area contributed by atoms with Gasteiger partial charge in [-0.25, -0.2) is 0 Å². The molecule has 124 valence electrons. The Labute approximate surface area is 142 Å². The van der Waals surface area contributed by atoms with E-state index >= 15 is 0 Å². The summed E-state index contributed by atoms with van der Waals surface area (Å²) in [5.41, 5.74) is 10.8. The molecule has 0 aliphatic heterocycles. The Balaban J connectivity index is 2.41. The molecule has 0 saturated carbocycles. The Kier molecular flexibility index (Phi) is 5.66. The minimum Gasteiger partial charge on any atom is -0.413 e. The van der Waals surface area contributed by atoms with E-state index in [2.05, 4.69) is 64.2 Å². The molecule has 2 aromatic carbocycles. The number of nitrogens with two attached hydrogens (primary N) is 1. The minimum absolute atomic E-state index is 0.0651.